The first-order valence-electron chi connectivity index (χ1n) is 5.02. The summed E-state index contributed by atoms with van der Waals surface area (Å²) in [7, 11) is 1.43. The van der Waals surface area contributed by atoms with Crippen LogP contribution in [0.15, 0.2) is 0 Å². The predicted molar refractivity (Wildman–Crippen MR) is 49.0 cm³/mol. The van der Waals surface area contributed by atoms with Crippen LogP contribution in [0.2, 0.25) is 0 Å². The predicted octanol–water partition coefficient (Wildman–Crippen LogP) is 0.883. The van der Waals surface area contributed by atoms with Gasteiger partial charge in [-0.25, -0.2) is 0 Å². The van der Waals surface area contributed by atoms with Crippen LogP contribution in [-0.4, -0.2) is 30.1 Å². The van der Waals surface area contributed by atoms with E-state index in [4.69, 9.17) is 10.00 Å². The fourth-order valence-corrected chi connectivity index (χ4v) is 2.70. The molecule has 2 unspecified atom stereocenters. The lowest BCUT2D eigenvalue weighted by atomic mass is 9.91. The van der Waals surface area contributed by atoms with Crippen LogP contribution in [0.4, 0.5) is 0 Å². The van der Waals surface area contributed by atoms with E-state index in [0.29, 0.717) is 0 Å². The van der Waals surface area contributed by atoms with Crippen molar-refractivity contribution in [2.24, 2.45) is 5.92 Å². The highest BCUT2D eigenvalue weighted by Crippen LogP contribution is 2.38. The van der Waals surface area contributed by atoms with Crippen LogP contribution >= 0.6 is 0 Å². The Labute approximate surface area is 83.4 Å². The first kappa shape index (κ1) is 9.32. The SMILES string of the molecule is COC(=O)C1CC2CCC(C1)N2C#N. The van der Waals surface area contributed by atoms with E-state index in [1.54, 1.807) is 0 Å². The van der Waals surface area contributed by atoms with Gasteiger partial charge < -0.3 is 9.64 Å². The monoisotopic (exact) mass is 194 g/mol. The number of carbonyl (C=O) groups is 1. The second-order valence-electron chi connectivity index (χ2n) is 4.08. The Morgan fingerprint density at radius 2 is 2.00 bits per heavy atom. The highest BCUT2D eigenvalue weighted by Gasteiger charge is 2.42. The molecule has 2 aliphatic heterocycles. The maximum atomic E-state index is 11.4. The number of esters is 1. The fourth-order valence-electron chi connectivity index (χ4n) is 2.70. The molecule has 0 aliphatic carbocycles. The van der Waals surface area contributed by atoms with Crippen LogP contribution in [-0.2, 0) is 9.53 Å². The molecule has 4 nitrogen and oxygen atoms in total. The second kappa shape index (κ2) is 3.49. The summed E-state index contributed by atoms with van der Waals surface area (Å²) in [6.45, 7) is 0. The zero-order valence-electron chi connectivity index (χ0n) is 8.27. The minimum atomic E-state index is -0.112. The molecule has 0 aromatic heterocycles. The molecule has 2 atom stereocenters. The first-order chi connectivity index (χ1) is 6.76. The summed E-state index contributed by atoms with van der Waals surface area (Å²) in [4.78, 5) is 13.2. The van der Waals surface area contributed by atoms with Gasteiger partial charge in [0.2, 0.25) is 0 Å². The summed E-state index contributed by atoms with van der Waals surface area (Å²) >= 11 is 0. The average Bonchev–Trinajstić information content (AvgIpc) is 2.46. The van der Waals surface area contributed by atoms with Crippen LogP contribution in [0, 0.1) is 17.4 Å². The van der Waals surface area contributed by atoms with E-state index < -0.39 is 0 Å². The molecule has 0 aromatic carbocycles. The van der Waals surface area contributed by atoms with Gasteiger partial charge >= 0.3 is 5.97 Å². The van der Waals surface area contributed by atoms with Crippen molar-refractivity contribution >= 4 is 5.97 Å². The van der Waals surface area contributed by atoms with Gasteiger partial charge in [0.15, 0.2) is 6.19 Å². The van der Waals surface area contributed by atoms with Crippen LogP contribution in [0.25, 0.3) is 0 Å². The lowest BCUT2D eigenvalue weighted by Crippen LogP contribution is -2.41. The fraction of sp³-hybridized carbons (Fsp3) is 0.800. The third-order valence-corrected chi connectivity index (χ3v) is 3.38. The highest BCUT2D eigenvalue weighted by atomic mass is 16.5. The van der Waals surface area contributed by atoms with E-state index in [9.17, 15) is 4.79 Å². The number of hydrogen-bond acceptors (Lipinski definition) is 4. The third-order valence-electron chi connectivity index (χ3n) is 3.38. The summed E-state index contributed by atoms with van der Waals surface area (Å²) < 4.78 is 4.74. The topological polar surface area (TPSA) is 53.3 Å². The Morgan fingerprint density at radius 1 is 1.43 bits per heavy atom. The summed E-state index contributed by atoms with van der Waals surface area (Å²) in [6.07, 6.45) is 5.90. The van der Waals surface area contributed by atoms with Crippen molar-refractivity contribution in [2.75, 3.05) is 7.11 Å². The van der Waals surface area contributed by atoms with E-state index in [-0.39, 0.29) is 24.0 Å². The lowest BCUT2D eigenvalue weighted by molar-refractivity contribution is -0.147. The maximum absolute atomic E-state index is 11.4. The number of rotatable bonds is 1. The molecule has 76 valence electrons. The molecule has 0 radical (unpaired) electrons. The molecular formula is C10H14N2O2. The number of carbonyl (C=O) groups excluding carboxylic acids is 1. The molecule has 0 spiro atoms. The molecule has 4 heteroatoms. The Kier molecular flexibility index (Phi) is 2.32. The number of nitrogens with zero attached hydrogens (tertiary/aromatic N) is 2. The molecule has 2 saturated heterocycles. The van der Waals surface area contributed by atoms with Gasteiger partial charge in [-0.3, -0.25) is 4.79 Å². The number of hydrogen-bond donors (Lipinski definition) is 0. The molecular weight excluding hydrogens is 180 g/mol. The van der Waals surface area contributed by atoms with Crippen molar-refractivity contribution in [3.05, 3.63) is 0 Å². The standard InChI is InChI=1S/C10H14N2O2/c1-14-10(13)7-4-8-2-3-9(5-7)12(8)6-11/h7-9H,2-5H2,1H3. The van der Waals surface area contributed by atoms with Crippen molar-refractivity contribution in [3.63, 3.8) is 0 Å². The van der Waals surface area contributed by atoms with E-state index in [1.807, 2.05) is 4.90 Å². The van der Waals surface area contributed by atoms with Gasteiger partial charge in [0.05, 0.1) is 13.0 Å². The highest BCUT2D eigenvalue weighted by molar-refractivity contribution is 5.72. The lowest BCUT2D eigenvalue weighted by Gasteiger charge is -2.33. The summed E-state index contributed by atoms with van der Waals surface area (Å²) in [5, 5.41) is 8.91. The average molecular weight is 194 g/mol. The smallest absolute Gasteiger partial charge is 0.308 e. The molecule has 14 heavy (non-hydrogen) atoms. The number of piperidine rings is 1. The summed E-state index contributed by atoms with van der Waals surface area (Å²) in [5.74, 6) is -0.0958. The molecule has 0 aromatic rings. The van der Waals surface area contributed by atoms with E-state index in [0.717, 1.165) is 25.7 Å². The Bertz CT molecular complexity index is 270. The van der Waals surface area contributed by atoms with E-state index in [1.165, 1.54) is 7.11 Å². The molecule has 0 N–H and O–H groups in total. The second-order valence-corrected chi connectivity index (χ2v) is 4.08. The Hall–Kier alpha value is -1.24. The normalized spacial score (nSPS) is 35.1. The zero-order valence-corrected chi connectivity index (χ0v) is 8.27. The van der Waals surface area contributed by atoms with Gasteiger partial charge in [0.1, 0.15) is 0 Å². The van der Waals surface area contributed by atoms with Crippen molar-refractivity contribution in [1.29, 1.82) is 5.26 Å². The minimum Gasteiger partial charge on any atom is -0.469 e. The summed E-state index contributed by atoms with van der Waals surface area (Å²) in [6, 6.07) is 0.561. The largest absolute Gasteiger partial charge is 0.469 e. The van der Waals surface area contributed by atoms with Crippen molar-refractivity contribution in [3.8, 4) is 6.19 Å². The van der Waals surface area contributed by atoms with Gasteiger partial charge in [-0.15, -0.1) is 0 Å². The number of ether oxygens (including phenoxy) is 1. The molecule has 2 bridgehead atoms. The molecule has 2 aliphatic rings. The molecule has 2 rings (SSSR count). The minimum absolute atomic E-state index is 0.0158. The van der Waals surface area contributed by atoms with Crippen molar-refractivity contribution in [2.45, 2.75) is 37.8 Å². The van der Waals surface area contributed by atoms with E-state index >= 15 is 0 Å². The maximum Gasteiger partial charge on any atom is 0.308 e. The number of nitriles is 1. The van der Waals surface area contributed by atoms with E-state index in [2.05, 4.69) is 6.19 Å². The zero-order chi connectivity index (χ0) is 10.1. The van der Waals surface area contributed by atoms with Gasteiger partial charge in [0.25, 0.3) is 0 Å². The molecule has 0 saturated carbocycles. The third kappa shape index (κ3) is 1.33. The van der Waals surface area contributed by atoms with Crippen molar-refractivity contribution in [1.82, 2.24) is 4.90 Å². The first-order valence-corrected chi connectivity index (χ1v) is 5.02. The van der Waals surface area contributed by atoms with Crippen LogP contribution in [0.3, 0.4) is 0 Å². The number of fused-ring (bicyclic) bond motifs is 2. The molecule has 0 amide bonds. The van der Waals surface area contributed by atoms with Crippen molar-refractivity contribution < 1.29 is 9.53 Å². The Balaban J connectivity index is 2.06. The summed E-state index contributed by atoms with van der Waals surface area (Å²) in [5.41, 5.74) is 0. The van der Waals surface area contributed by atoms with Crippen LogP contribution < -0.4 is 0 Å². The Morgan fingerprint density at radius 3 is 2.43 bits per heavy atom. The van der Waals surface area contributed by atoms with Gasteiger partial charge in [-0.1, -0.05) is 0 Å². The molecule has 2 heterocycles. The van der Waals surface area contributed by atoms with Crippen LogP contribution in [0.5, 0.6) is 0 Å². The van der Waals surface area contributed by atoms with Crippen LogP contribution in [0.1, 0.15) is 25.7 Å². The van der Waals surface area contributed by atoms with Gasteiger partial charge in [0, 0.05) is 12.1 Å². The van der Waals surface area contributed by atoms with Gasteiger partial charge in [-0.2, -0.15) is 5.26 Å². The number of methoxy groups -OCH3 is 1. The molecule has 2 fully saturated rings. The van der Waals surface area contributed by atoms with Gasteiger partial charge in [-0.05, 0) is 25.7 Å². The quantitative estimate of drug-likeness (QED) is 0.459.